The molecule has 0 amide bonds. The molecule has 0 N–H and O–H groups in total. The van der Waals surface area contributed by atoms with Crippen molar-refractivity contribution in [2.75, 3.05) is 0 Å². The molecule has 55 heavy (non-hydrogen) atoms. The summed E-state index contributed by atoms with van der Waals surface area (Å²) in [6, 6.07) is 56.1. The average molecular weight is 719 g/mol. The van der Waals surface area contributed by atoms with Gasteiger partial charge in [0.2, 0.25) is 0 Å². The lowest BCUT2D eigenvalue weighted by atomic mass is 10.0. The summed E-state index contributed by atoms with van der Waals surface area (Å²) in [6.45, 7) is 0. The lowest BCUT2D eigenvalue weighted by molar-refractivity contribution is 0.671. The molecule has 0 aliphatic heterocycles. The molecule has 5 nitrogen and oxygen atoms in total. The minimum absolute atomic E-state index is 0.776. The molecule has 8 aromatic carbocycles. The van der Waals surface area contributed by atoms with E-state index in [2.05, 4.69) is 138 Å². The van der Waals surface area contributed by atoms with E-state index in [1.165, 1.54) is 41.7 Å². The van der Waals surface area contributed by atoms with E-state index in [4.69, 9.17) is 19.4 Å². The highest BCUT2D eigenvalue weighted by atomic mass is 32.1. The van der Waals surface area contributed by atoms with E-state index < -0.39 is 0 Å². The van der Waals surface area contributed by atoms with Crippen LogP contribution in [0.4, 0.5) is 0 Å². The average Bonchev–Trinajstić information content (AvgIpc) is 3.94. The third-order valence-corrected chi connectivity index (χ3v) is 12.6. The number of pyridine rings is 1. The number of furan rings is 1. The molecule has 0 aliphatic rings. The third-order valence-electron chi connectivity index (χ3n) is 11.4. The Hall–Kier alpha value is -7.15. The van der Waals surface area contributed by atoms with Gasteiger partial charge in [-0.1, -0.05) is 109 Å². The van der Waals surface area contributed by atoms with E-state index in [0.717, 1.165) is 83.1 Å². The van der Waals surface area contributed by atoms with Crippen LogP contribution in [-0.4, -0.2) is 19.4 Å². The van der Waals surface area contributed by atoms with Crippen LogP contribution in [-0.2, 0) is 0 Å². The maximum Gasteiger partial charge on any atom is 0.163 e. The van der Waals surface area contributed by atoms with E-state index in [9.17, 15) is 0 Å². The summed E-state index contributed by atoms with van der Waals surface area (Å²) in [6.07, 6.45) is 0. The zero-order valence-electron chi connectivity index (χ0n) is 29.1. The van der Waals surface area contributed by atoms with Crippen molar-refractivity contribution < 1.29 is 4.42 Å². The second-order valence-corrected chi connectivity index (χ2v) is 15.4. The van der Waals surface area contributed by atoms with Gasteiger partial charge >= 0.3 is 0 Å². The lowest BCUT2D eigenvalue weighted by Gasteiger charge is -2.11. The molecule has 13 rings (SSSR count). The monoisotopic (exact) mass is 718 g/mol. The van der Waals surface area contributed by atoms with Crippen molar-refractivity contribution in [2.45, 2.75) is 0 Å². The number of thiophene rings is 1. The van der Waals surface area contributed by atoms with Crippen LogP contribution >= 0.6 is 11.3 Å². The zero-order chi connectivity index (χ0) is 35.8. The van der Waals surface area contributed by atoms with Gasteiger partial charge in [0.05, 0.1) is 38.0 Å². The van der Waals surface area contributed by atoms with Gasteiger partial charge in [-0.05, 0) is 81.4 Å². The van der Waals surface area contributed by atoms with Gasteiger partial charge in [0.1, 0.15) is 11.1 Å². The number of nitrogens with zero attached hydrogens (tertiary/aromatic N) is 4. The molecule has 0 saturated heterocycles. The molecule has 5 aromatic heterocycles. The molecule has 13 aromatic rings. The molecule has 0 atom stereocenters. The van der Waals surface area contributed by atoms with E-state index >= 15 is 0 Å². The first kappa shape index (κ1) is 29.3. The molecule has 6 heteroatoms. The molecule has 5 heterocycles. The molecule has 254 valence electrons. The fraction of sp³-hybridized carbons (Fsp3) is 0. The van der Waals surface area contributed by atoms with Crippen LogP contribution in [0, 0.1) is 0 Å². The number of rotatable bonds is 2. The summed E-state index contributed by atoms with van der Waals surface area (Å²) in [5.74, 6) is 0. The fourth-order valence-corrected chi connectivity index (χ4v) is 9.91. The molecule has 0 saturated carbocycles. The third kappa shape index (κ3) is 4.09. The first-order chi connectivity index (χ1) is 27.2. The van der Waals surface area contributed by atoms with Crippen molar-refractivity contribution in [1.29, 1.82) is 0 Å². The summed E-state index contributed by atoms with van der Waals surface area (Å²) in [4.78, 5) is 15.6. The van der Waals surface area contributed by atoms with Crippen LogP contribution in [0.15, 0.2) is 162 Å². The van der Waals surface area contributed by atoms with Gasteiger partial charge in [-0.2, -0.15) is 0 Å². The molecular weight excluding hydrogens is 693 g/mol. The number of hydrogen-bond acceptors (Lipinski definition) is 5. The SMILES string of the molecule is c1ccc2c(c1)ccc1c2ccc2c1nc1c3sc4ccccc4c3cc(-c3ccc(-c4ccc5nc6ccc7c8ccccc8oc7c6nc5c4)cc3)n21. The van der Waals surface area contributed by atoms with Crippen molar-refractivity contribution >= 4 is 114 Å². The number of para-hydroxylation sites is 1. The number of aromatic nitrogens is 4. The normalized spacial score (nSPS) is 12.4. The zero-order valence-corrected chi connectivity index (χ0v) is 29.9. The van der Waals surface area contributed by atoms with E-state index in [1.54, 1.807) is 0 Å². The highest BCUT2D eigenvalue weighted by Crippen LogP contribution is 2.42. The minimum atomic E-state index is 0.776. The smallest absolute Gasteiger partial charge is 0.163 e. The largest absolute Gasteiger partial charge is 0.454 e. The van der Waals surface area contributed by atoms with Gasteiger partial charge in [-0.25, -0.2) is 15.0 Å². The Morgan fingerprint density at radius 3 is 2.13 bits per heavy atom. The van der Waals surface area contributed by atoms with Crippen molar-refractivity contribution in [3.63, 3.8) is 0 Å². The Labute approximate surface area is 316 Å². The maximum absolute atomic E-state index is 6.31. The molecule has 0 radical (unpaired) electrons. The second kappa shape index (κ2) is 10.7. The van der Waals surface area contributed by atoms with Gasteiger partial charge in [-0.15, -0.1) is 11.3 Å². The van der Waals surface area contributed by atoms with Crippen LogP contribution in [0.2, 0.25) is 0 Å². The Balaban J connectivity index is 0.994. The van der Waals surface area contributed by atoms with E-state index in [0.29, 0.717) is 0 Å². The lowest BCUT2D eigenvalue weighted by Crippen LogP contribution is -1.93. The van der Waals surface area contributed by atoms with Crippen molar-refractivity contribution in [2.24, 2.45) is 0 Å². The van der Waals surface area contributed by atoms with Gasteiger partial charge in [0.25, 0.3) is 0 Å². The maximum atomic E-state index is 6.31. The van der Waals surface area contributed by atoms with Gasteiger partial charge in [-0.3, -0.25) is 4.40 Å². The van der Waals surface area contributed by atoms with Gasteiger partial charge in [0, 0.05) is 31.6 Å². The van der Waals surface area contributed by atoms with Crippen molar-refractivity contribution in [3.8, 4) is 22.4 Å². The highest BCUT2D eigenvalue weighted by molar-refractivity contribution is 7.26. The van der Waals surface area contributed by atoms with Crippen molar-refractivity contribution in [3.05, 3.63) is 158 Å². The van der Waals surface area contributed by atoms with Gasteiger partial charge in [0.15, 0.2) is 11.2 Å². The highest BCUT2D eigenvalue weighted by Gasteiger charge is 2.20. The molecule has 0 unspecified atom stereocenters. The van der Waals surface area contributed by atoms with Crippen molar-refractivity contribution in [1.82, 2.24) is 19.4 Å². The molecule has 0 fully saturated rings. The standard InChI is InChI=1S/C49H26N4OS/c1-2-8-31-28(7-1)17-19-35-32(31)21-24-41-45(35)52-49-48-37(34-10-4-6-12-44(34)55-48)26-42(53(41)49)29-15-13-27(14-16-29)30-18-22-38-40(25-30)51-46-39(50-38)23-20-36-33-9-3-5-11-43(33)54-47(36)46/h1-26H. The quantitative estimate of drug-likeness (QED) is 0.132. The molecule has 0 spiro atoms. The number of hydrogen-bond donors (Lipinski definition) is 0. The van der Waals surface area contributed by atoms with E-state index in [1.807, 2.05) is 35.6 Å². The first-order valence-corrected chi connectivity index (χ1v) is 19.2. The predicted molar refractivity (Wildman–Crippen MR) is 229 cm³/mol. The minimum Gasteiger partial charge on any atom is -0.454 e. The second-order valence-electron chi connectivity index (χ2n) is 14.4. The van der Waals surface area contributed by atoms with E-state index in [-0.39, 0.29) is 0 Å². The molecular formula is C49H26N4OS. The predicted octanol–water partition coefficient (Wildman–Crippen LogP) is 13.5. The Bertz CT molecular complexity index is 3780. The van der Waals surface area contributed by atoms with Crippen LogP contribution in [0.25, 0.3) is 125 Å². The Morgan fingerprint density at radius 2 is 1.20 bits per heavy atom. The summed E-state index contributed by atoms with van der Waals surface area (Å²) in [7, 11) is 0. The Kier molecular flexibility index (Phi) is 5.71. The number of fused-ring (bicyclic) bond motifs is 17. The van der Waals surface area contributed by atoms with Gasteiger partial charge < -0.3 is 4.42 Å². The van der Waals surface area contributed by atoms with Crippen LogP contribution in [0.5, 0.6) is 0 Å². The molecule has 0 aliphatic carbocycles. The number of imidazole rings is 1. The summed E-state index contributed by atoms with van der Waals surface area (Å²) in [5, 5.41) is 9.51. The molecule has 0 bridgehead atoms. The van der Waals surface area contributed by atoms with Crippen LogP contribution < -0.4 is 0 Å². The fourth-order valence-electron chi connectivity index (χ4n) is 8.75. The summed E-state index contributed by atoms with van der Waals surface area (Å²) in [5.41, 5.74) is 12.5. The summed E-state index contributed by atoms with van der Waals surface area (Å²) >= 11 is 1.82. The number of benzene rings is 8. The first-order valence-electron chi connectivity index (χ1n) is 18.4. The van der Waals surface area contributed by atoms with Crippen LogP contribution in [0.3, 0.4) is 0 Å². The summed E-state index contributed by atoms with van der Waals surface area (Å²) < 4.78 is 11.2. The van der Waals surface area contributed by atoms with Crippen LogP contribution in [0.1, 0.15) is 0 Å². The Morgan fingerprint density at radius 1 is 0.455 bits per heavy atom. The topological polar surface area (TPSA) is 56.2 Å².